The number of amides is 1. The Labute approximate surface area is 133 Å². The van der Waals surface area contributed by atoms with Crippen LogP contribution in [0.5, 0.6) is 0 Å². The van der Waals surface area contributed by atoms with Gasteiger partial charge in [0.1, 0.15) is 0 Å². The van der Waals surface area contributed by atoms with Crippen molar-refractivity contribution < 1.29 is 4.79 Å². The first-order valence-corrected chi connectivity index (χ1v) is 7.82. The molecule has 4 nitrogen and oxygen atoms in total. The van der Waals surface area contributed by atoms with E-state index in [2.05, 4.69) is 41.6 Å². The number of halogens is 1. The average Bonchev–Trinajstić information content (AvgIpc) is 2.89. The van der Waals surface area contributed by atoms with E-state index in [0.717, 1.165) is 37.3 Å². The predicted octanol–water partition coefficient (Wildman–Crippen LogP) is 2.51. The number of hydrogen-bond donors (Lipinski definition) is 1. The van der Waals surface area contributed by atoms with Gasteiger partial charge in [0, 0.05) is 43.1 Å². The average molecular weight is 312 g/mol. The van der Waals surface area contributed by atoms with Gasteiger partial charge in [0.25, 0.3) is 5.91 Å². The summed E-state index contributed by atoms with van der Waals surface area (Å²) in [5.74, 6) is 0.215. The van der Waals surface area contributed by atoms with Crippen LogP contribution in [0.2, 0.25) is 0 Å². The van der Waals surface area contributed by atoms with E-state index >= 15 is 0 Å². The molecule has 118 valence electrons. The number of fused-ring (bicyclic) bond motifs is 2. The Morgan fingerprint density at radius 2 is 2.00 bits per heavy atom. The van der Waals surface area contributed by atoms with Crippen molar-refractivity contribution >= 4 is 18.3 Å². The first kappa shape index (κ1) is 16.4. The smallest absolute Gasteiger partial charge is 0.255 e. The zero-order valence-electron chi connectivity index (χ0n) is 13.2. The lowest BCUT2D eigenvalue weighted by atomic mass is 10.1. The lowest BCUT2D eigenvalue weighted by molar-refractivity contribution is 0.0747. The van der Waals surface area contributed by atoms with Crippen LogP contribution in [0, 0.1) is 13.8 Å². The van der Waals surface area contributed by atoms with E-state index in [-0.39, 0.29) is 18.3 Å². The molecule has 1 amide bonds. The third kappa shape index (κ3) is 2.97. The predicted molar refractivity (Wildman–Crippen MR) is 87.3 cm³/mol. The van der Waals surface area contributed by atoms with Crippen LogP contribution in [0.1, 0.15) is 47.9 Å². The summed E-state index contributed by atoms with van der Waals surface area (Å²) >= 11 is 0. The molecule has 1 N–H and O–H groups in total. The highest BCUT2D eigenvalue weighted by Gasteiger charge is 2.32. The molecule has 0 aliphatic carbocycles. The van der Waals surface area contributed by atoms with Gasteiger partial charge in [-0.3, -0.25) is 4.79 Å². The zero-order valence-corrected chi connectivity index (χ0v) is 14.0. The molecule has 2 saturated heterocycles. The van der Waals surface area contributed by atoms with Crippen LogP contribution in [-0.4, -0.2) is 40.5 Å². The van der Waals surface area contributed by atoms with Gasteiger partial charge < -0.3 is 14.8 Å². The molecule has 3 rings (SSSR count). The van der Waals surface area contributed by atoms with E-state index < -0.39 is 0 Å². The quantitative estimate of drug-likeness (QED) is 0.911. The summed E-state index contributed by atoms with van der Waals surface area (Å²) in [5, 5.41) is 3.63. The zero-order chi connectivity index (χ0) is 14.3. The summed E-state index contributed by atoms with van der Waals surface area (Å²) < 4.78 is 2.22. The number of likely N-dealkylation sites (tertiary alicyclic amines) is 1. The standard InChI is InChI=1S/C16H25N3O.ClH/c1-4-19-11(2)9-15(12(19)3)16(20)18-8-7-13-5-6-14(10-18)17-13;/h9,13-14,17H,4-8,10H2,1-3H3;1H. The van der Waals surface area contributed by atoms with Gasteiger partial charge in [-0.2, -0.15) is 0 Å². The maximum absolute atomic E-state index is 12.8. The van der Waals surface area contributed by atoms with Crippen LogP contribution in [0.15, 0.2) is 6.07 Å². The lowest BCUT2D eigenvalue weighted by Gasteiger charge is -2.24. The van der Waals surface area contributed by atoms with Crippen molar-refractivity contribution in [3.63, 3.8) is 0 Å². The molecule has 2 atom stereocenters. The van der Waals surface area contributed by atoms with Crippen LogP contribution >= 0.6 is 12.4 Å². The van der Waals surface area contributed by atoms with Gasteiger partial charge in [-0.05, 0) is 46.1 Å². The molecular formula is C16H26ClN3O. The molecule has 2 bridgehead atoms. The molecule has 0 saturated carbocycles. The van der Waals surface area contributed by atoms with Crippen molar-refractivity contribution in [1.82, 2.24) is 14.8 Å². The molecule has 0 aromatic carbocycles. The van der Waals surface area contributed by atoms with Crippen LogP contribution < -0.4 is 5.32 Å². The SMILES string of the molecule is CCn1c(C)cc(C(=O)N2CCC3CCC(C2)N3)c1C.Cl. The van der Waals surface area contributed by atoms with Crippen molar-refractivity contribution in [2.45, 2.75) is 58.7 Å². The Balaban J connectivity index is 0.00000161. The second-order valence-corrected chi connectivity index (χ2v) is 6.21. The maximum atomic E-state index is 12.8. The van der Waals surface area contributed by atoms with Gasteiger partial charge in [-0.25, -0.2) is 0 Å². The van der Waals surface area contributed by atoms with Crippen molar-refractivity contribution in [3.05, 3.63) is 23.0 Å². The summed E-state index contributed by atoms with van der Waals surface area (Å²) in [6.07, 6.45) is 3.58. The summed E-state index contributed by atoms with van der Waals surface area (Å²) in [5.41, 5.74) is 3.18. The third-order valence-electron chi connectivity index (χ3n) is 4.93. The van der Waals surface area contributed by atoms with E-state index in [1.807, 2.05) is 0 Å². The van der Waals surface area contributed by atoms with Gasteiger partial charge in [0.2, 0.25) is 0 Å². The van der Waals surface area contributed by atoms with E-state index in [9.17, 15) is 4.79 Å². The monoisotopic (exact) mass is 311 g/mol. The number of hydrogen-bond acceptors (Lipinski definition) is 2. The highest BCUT2D eigenvalue weighted by atomic mass is 35.5. The molecule has 3 heterocycles. The maximum Gasteiger partial charge on any atom is 0.255 e. The van der Waals surface area contributed by atoms with Crippen LogP contribution in [0.3, 0.4) is 0 Å². The van der Waals surface area contributed by atoms with Crippen molar-refractivity contribution in [1.29, 1.82) is 0 Å². The number of rotatable bonds is 2. The number of nitrogens with zero attached hydrogens (tertiary/aromatic N) is 2. The third-order valence-corrected chi connectivity index (χ3v) is 4.93. The van der Waals surface area contributed by atoms with Crippen molar-refractivity contribution in [2.75, 3.05) is 13.1 Å². The van der Waals surface area contributed by atoms with Crippen LogP contribution in [0.4, 0.5) is 0 Å². The Hall–Kier alpha value is -1.00. The van der Waals surface area contributed by atoms with Crippen molar-refractivity contribution in [3.8, 4) is 0 Å². The minimum Gasteiger partial charge on any atom is -0.349 e. The number of aryl methyl sites for hydroxylation is 1. The van der Waals surface area contributed by atoms with Gasteiger partial charge in [-0.15, -0.1) is 12.4 Å². The molecule has 0 spiro atoms. The van der Waals surface area contributed by atoms with E-state index in [1.54, 1.807) is 0 Å². The highest BCUT2D eigenvalue weighted by Crippen LogP contribution is 2.23. The molecule has 1 aromatic heterocycles. The van der Waals surface area contributed by atoms with Crippen LogP contribution in [0.25, 0.3) is 0 Å². The number of aromatic nitrogens is 1. The molecule has 2 fully saturated rings. The van der Waals surface area contributed by atoms with Gasteiger partial charge in [-0.1, -0.05) is 0 Å². The van der Waals surface area contributed by atoms with E-state index in [4.69, 9.17) is 0 Å². The normalized spacial score (nSPS) is 24.6. The highest BCUT2D eigenvalue weighted by molar-refractivity contribution is 5.95. The first-order valence-electron chi connectivity index (χ1n) is 7.82. The fourth-order valence-electron chi connectivity index (χ4n) is 3.80. The molecule has 2 aliphatic heterocycles. The van der Waals surface area contributed by atoms with E-state index in [1.165, 1.54) is 18.5 Å². The molecule has 21 heavy (non-hydrogen) atoms. The molecule has 5 heteroatoms. The summed E-state index contributed by atoms with van der Waals surface area (Å²) in [4.78, 5) is 14.9. The number of nitrogens with one attached hydrogen (secondary N) is 1. The topological polar surface area (TPSA) is 37.3 Å². The van der Waals surface area contributed by atoms with Crippen LogP contribution in [-0.2, 0) is 6.54 Å². The lowest BCUT2D eigenvalue weighted by Crippen LogP contribution is -2.39. The minimum absolute atomic E-state index is 0. The largest absolute Gasteiger partial charge is 0.349 e. The Bertz CT molecular complexity index is 526. The second kappa shape index (κ2) is 6.41. The number of carbonyl (C=O) groups excluding carboxylic acids is 1. The van der Waals surface area contributed by atoms with Gasteiger partial charge in [0.15, 0.2) is 0 Å². The second-order valence-electron chi connectivity index (χ2n) is 6.21. The summed E-state index contributed by atoms with van der Waals surface area (Å²) in [6.45, 7) is 8.96. The molecule has 2 aliphatic rings. The fourth-order valence-corrected chi connectivity index (χ4v) is 3.80. The van der Waals surface area contributed by atoms with Gasteiger partial charge >= 0.3 is 0 Å². The summed E-state index contributed by atoms with van der Waals surface area (Å²) in [7, 11) is 0. The molecule has 2 unspecified atom stereocenters. The summed E-state index contributed by atoms with van der Waals surface area (Å²) in [6, 6.07) is 3.18. The molecule has 0 radical (unpaired) electrons. The van der Waals surface area contributed by atoms with E-state index in [0.29, 0.717) is 12.1 Å². The Morgan fingerprint density at radius 1 is 1.29 bits per heavy atom. The van der Waals surface area contributed by atoms with Crippen molar-refractivity contribution in [2.24, 2.45) is 0 Å². The minimum atomic E-state index is 0. The molecule has 1 aromatic rings. The van der Waals surface area contributed by atoms with Gasteiger partial charge in [0.05, 0.1) is 5.56 Å². The first-order chi connectivity index (χ1) is 9.60. The fraction of sp³-hybridized carbons (Fsp3) is 0.688. The Kier molecular flexibility index (Phi) is 4.99. The molecular weight excluding hydrogens is 286 g/mol. The number of carbonyl (C=O) groups is 1. The Morgan fingerprint density at radius 3 is 2.67 bits per heavy atom.